The van der Waals surface area contributed by atoms with Crippen LogP contribution in [0.4, 0.5) is 11.4 Å². The third kappa shape index (κ3) is 5.55. The summed E-state index contributed by atoms with van der Waals surface area (Å²) in [6.07, 6.45) is 0. The minimum atomic E-state index is -0.223. The van der Waals surface area contributed by atoms with Gasteiger partial charge in [0.2, 0.25) is 5.91 Å². The lowest BCUT2D eigenvalue weighted by Gasteiger charge is -2.20. The standard InChI is InChI=1S/C21H26ClN3O2/c1-5-25(6-2)13-19(26)24-20-14(3)7-12-18(15(20)4)23-21(27)16-8-10-17(22)11-9-16/h7-12H,5-6,13H2,1-4H3,(H,23,27)(H,24,26). The van der Waals surface area contributed by atoms with Gasteiger partial charge in [-0.15, -0.1) is 0 Å². The number of likely N-dealkylation sites (N-methyl/N-ethyl adjacent to an activating group) is 1. The molecule has 0 aliphatic rings. The van der Waals surface area contributed by atoms with E-state index in [0.717, 1.165) is 29.9 Å². The Kier molecular flexibility index (Phi) is 7.39. The molecule has 0 saturated heterocycles. The van der Waals surface area contributed by atoms with Gasteiger partial charge >= 0.3 is 0 Å². The van der Waals surface area contributed by atoms with Crippen LogP contribution >= 0.6 is 11.6 Å². The number of carbonyl (C=O) groups is 2. The summed E-state index contributed by atoms with van der Waals surface area (Å²) < 4.78 is 0. The summed E-state index contributed by atoms with van der Waals surface area (Å²) in [4.78, 5) is 26.9. The average molecular weight is 388 g/mol. The van der Waals surface area contributed by atoms with E-state index in [1.54, 1.807) is 24.3 Å². The second-order valence-electron chi connectivity index (χ2n) is 6.40. The number of amides is 2. The molecule has 0 unspecified atom stereocenters. The van der Waals surface area contributed by atoms with Crippen LogP contribution in [0.1, 0.15) is 35.3 Å². The summed E-state index contributed by atoms with van der Waals surface area (Å²) in [7, 11) is 0. The monoisotopic (exact) mass is 387 g/mol. The molecule has 0 aliphatic carbocycles. The fourth-order valence-corrected chi connectivity index (χ4v) is 2.93. The van der Waals surface area contributed by atoms with Crippen molar-refractivity contribution < 1.29 is 9.59 Å². The van der Waals surface area contributed by atoms with Gasteiger partial charge in [0.1, 0.15) is 0 Å². The van der Waals surface area contributed by atoms with Gasteiger partial charge in [0.15, 0.2) is 0 Å². The number of hydrogen-bond donors (Lipinski definition) is 2. The van der Waals surface area contributed by atoms with Gasteiger partial charge in [-0.2, -0.15) is 0 Å². The van der Waals surface area contributed by atoms with Crippen molar-refractivity contribution in [1.29, 1.82) is 0 Å². The molecule has 0 bridgehead atoms. The molecule has 0 radical (unpaired) electrons. The van der Waals surface area contributed by atoms with Crippen LogP contribution in [0, 0.1) is 13.8 Å². The number of nitrogens with one attached hydrogen (secondary N) is 2. The van der Waals surface area contributed by atoms with Crippen LogP contribution in [0.3, 0.4) is 0 Å². The first-order chi connectivity index (χ1) is 12.8. The van der Waals surface area contributed by atoms with E-state index in [2.05, 4.69) is 10.6 Å². The Morgan fingerprint density at radius 3 is 2.19 bits per heavy atom. The second kappa shape index (κ2) is 9.53. The number of nitrogens with zero attached hydrogens (tertiary/aromatic N) is 1. The van der Waals surface area contributed by atoms with Crippen LogP contribution in [-0.2, 0) is 4.79 Å². The number of hydrogen-bond acceptors (Lipinski definition) is 3. The molecule has 2 N–H and O–H groups in total. The van der Waals surface area contributed by atoms with Crippen LogP contribution in [0.15, 0.2) is 36.4 Å². The highest BCUT2D eigenvalue weighted by Crippen LogP contribution is 2.28. The van der Waals surface area contributed by atoms with Crippen molar-refractivity contribution in [2.24, 2.45) is 0 Å². The van der Waals surface area contributed by atoms with Crippen LogP contribution in [0.2, 0.25) is 5.02 Å². The van der Waals surface area contributed by atoms with E-state index in [0.29, 0.717) is 22.8 Å². The molecular formula is C21H26ClN3O2. The number of carbonyl (C=O) groups excluding carboxylic acids is 2. The predicted molar refractivity (Wildman–Crippen MR) is 112 cm³/mol. The van der Waals surface area contributed by atoms with Gasteiger partial charge in [0.05, 0.1) is 6.54 Å². The lowest BCUT2D eigenvalue weighted by atomic mass is 10.1. The van der Waals surface area contributed by atoms with Gasteiger partial charge in [-0.3, -0.25) is 14.5 Å². The van der Waals surface area contributed by atoms with Crippen molar-refractivity contribution in [2.75, 3.05) is 30.3 Å². The molecule has 0 atom stereocenters. The lowest BCUT2D eigenvalue weighted by Crippen LogP contribution is -2.33. The van der Waals surface area contributed by atoms with Crippen molar-refractivity contribution in [2.45, 2.75) is 27.7 Å². The van der Waals surface area contributed by atoms with E-state index < -0.39 is 0 Å². The molecule has 0 fully saturated rings. The SMILES string of the molecule is CCN(CC)CC(=O)Nc1c(C)ccc(NC(=O)c2ccc(Cl)cc2)c1C. The molecule has 0 spiro atoms. The van der Waals surface area contributed by atoms with E-state index >= 15 is 0 Å². The molecule has 144 valence electrons. The normalized spacial score (nSPS) is 10.7. The van der Waals surface area contributed by atoms with Gasteiger partial charge in [-0.05, 0) is 68.4 Å². The Morgan fingerprint density at radius 2 is 1.59 bits per heavy atom. The molecule has 2 aromatic rings. The molecule has 0 saturated carbocycles. The summed E-state index contributed by atoms with van der Waals surface area (Å²) in [6.45, 7) is 9.86. The largest absolute Gasteiger partial charge is 0.324 e. The summed E-state index contributed by atoms with van der Waals surface area (Å²) in [6, 6.07) is 10.4. The Hall–Kier alpha value is -2.37. The Balaban J connectivity index is 2.17. The van der Waals surface area contributed by atoms with Gasteiger partial charge < -0.3 is 10.6 Å². The zero-order valence-electron chi connectivity index (χ0n) is 16.2. The van der Waals surface area contributed by atoms with Crippen LogP contribution in [0.25, 0.3) is 0 Å². The molecule has 0 heterocycles. The molecule has 27 heavy (non-hydrogen) atoms. The zero-order chi connectivity index (χ0) is 20.0. The third-order valence-corrected chi connectivity index (χ3v) is 4.81. The summed E-state index contributed by atoms with van der Waals surface area (Å²) in [5.74, 6) is -0.287. The van der Waals surface area contributed by atoms with E-state index in [4.69, 9.17) is 11.6 Å². The highest BCUT2D eigenvalue weighted by atomic mass is 35.5. The van der Waals surface area contributed by atoms with E-state index in [1.807, 2.05) is 44.7 Å². The van der Waals surface area contributed by atoms with Gasteiger partial charge in [0.25, 0.3) is 5.91 Å². The van der Waals surface area contributed by atoms with Crippen LogP contribution < -0.4 is 10.6 Å². The highest BCUT2D eigenvalue weighted by Gasteiger charge is 2.14. The smallest absolute Gasteiger partial charge is 0.255 e. The van der Waals surface area contributed by atoms with Crippen molar-refractivity contribution in [3.05, 3.63) is 58.1 Å². The number of aryl methyl sites for hydroxylation is 1. The molecule has 0 aliphatic heterocycles. The molecular weight excluding hydrogens is 362 g/mol. The fraction of sp³-hybridized carbons (Fsp3) is 0.333. The molecule has 2 rings (SSSR count). The maximum atomic E-state index is 12.5. The first kappa shape index (κ1) is 20.9. The number of anilines is 2. The minimum absolute atomic E-state index is 0.0638. The lowest BCUT2D eigenvalue weighted by molar-refractivity contribution is -0.117. The first-order valence-electron chi connectivity index (χ1n) is 9.05. The summed E-state index contributed by atoms with van der Waals surface area (Å²) in [5, 5.41) is 6.48. The molecule has 2 amide bonds. The Bertz CT molecular complexity index is 815. The molecule has 5 nitrogen and oxygen atoms in total. The Labute approximate surface area is 165 Å². The van der Waals surface area contributed by atoms with Crippen molar-refractivity contribution >= 4 is 34.8 Å². The fourth-order valence-electron chi connectivity index (χ4n) is 2.80. The van der Waals surface area contributed by atoms with E-state index in [-0.39, 0.29) is 11.8 Å². The topological polar surface area (TPSA) is 61.4 Å². The van der Waals surface area contributed by atoms with Crippen molar-refractivity contribution in [3.8, 4) is 0 Å². The van der Waals surface area contributed by atoms with E-state index in [1.165, 1.54) is 0 Å². The predicted octanol–water partition coefficient (Wildman–Crippen LogP) is 4.49. The van der Waals surface area contributed by atoms with Crippen molar-refractivity contribution in [3.63, 3.8) is 0 Å². The molecule has 6 heteroatoms. The van der Waals surface area contributed by atoms with E-state index in [9.17, 15) is 9.59 Å². The maximum Gasteiger partial charge on any atom is 0.255 e. The molecule has 2 aromatic carbocycles. The van der Waals surface area contributed by atoms with Gasteiger partial charge in [0, 0.05) is 22.0 Å². The average Bonchev–Trinajstić information content (AvgIpc) is 2.66. The van der Waals surface area contributed by atoms with Crippen molar-refractivity contribution in [1.82, 2.24) is 4.90 Å². The number of halogens is 1. The number of rotatable bonds is 7. The van der Waals surface area contributed by atoms with Gasteiger partial charge in [-0.25, -0.2) is 0 Å². The quantitative estimate of drug-likeness (QED) is 0.735. The first-order valence-corrected chi connectivity index (χ1v) is 9.42. The summed E-state index contributed by atoms with van der Waals surface area (Å²) in [5.41, 5.74) is 3.70. The summed E-state index contributed by atoms with van der Waals surface area (Å²) >= 11 is 5.87. The zero-order valence-corrected chi connectivity index (χ0v) is 17.0. The minimum Gasteiger partial charge on any atom is -0.324 e. The van der Waals surface area contributed by atoms with Crippen LogP contribution in [0.5, 0.6) is 0 Å². The molecule has 0 aromatic heterocycles. The van der Waals surface area contributed by atoms with Gasteiger partial charge in [-0.1, -0.05) is 31.5 Å². The second-order valence-corrected chi connectivity index (χ2v) is 6.84. The maximum absolute atomic E-state index is 12.5. The number of benzene rings is 2. The highest BCUT2D eigenvalue weighted by molar-refractivity contribution is 6.30. The Morgan fingerprint density at radius 1 is 0.963 bits per heavy atom. The third-order valence-electron chi connectivity index (χ3n) is 4.55. The van der Waals surface area contributed by atoms with Crippen LogP contribution in [-0.4, -0.2) is 36.3 Å².